The van der Waals surface area contributed by atoms with Gasteiger partial charge in [0.15, 0.2) is 0 Å². The number of thiophene rings is 1. The molecule has 1 unspecified atom stereocenters. The summed E-state index contributed by atoms with van der Waals surface area (Å²) in [7, 11) is 0. The monoisotopic (exact) mass is 307 g/mol. The van der Waals surface area contributed by atoms with E-state index in [-0.39, 0.29) is 6.61 Å². The summed E-state index contributed by atoms with van der Waals surface area (Å²) in [5.74, 6) is 2.24. The SMILES string of the molecule is OCC1CSCCN1Cc1cc(Br)cs1. The Kier molecular flexibility index (Phi) is 4.52. The van der Waals surface area contributed by atoms with Gasteiger partial charge in [-0.15, -0.1) is 11.3 Å². The normalized spacial score (nSPS) is 23.2. The molecule has 0 amide bonds. The van der Waals surface area contributed by atoms with Crippen LogP contribution in [0.1, 0.15) is 4.88 Å². The number of nitrogens with zero attached hydrogens (tertiary/aromatic N) is 1. The van der Waals surface area contributed by atoms with E-state index in [1.165, 1.54) is 10.6 Å². The first kappa shape index (κ1) is 11.9. The number of hydrogen-bond acceptors (Lipinski definition) is 4. The zero-order chi connectivity index (χ0) is 10.7. The van der Waals surface area contributed by atoms with Crippen LogP contribution in [0.25, 0.3) is 0 Å². The molecule has 1 atom stereocenters. The van der Waals surface area contributed by atoms with Crippen LogP contribution in [0.4, 0.5) is 0 Å². The van der Waals surface area contributed by atoms with Crippen LogP contribution in [0.15, 0.2) is 15.9 Å². The summed E-state index contributed by atoms with van der Waals surface area (Å²) in [4.78, 5) is 3.75. The first-order valence-corrected chi connectivity index (χ1v) is 7.78. The minimum atomic E-state index is 0.277. The maximum absolute atomic E-state index is 9.28. The van der Waals surface area contributed by atoms with E-state index in [4.69, 9.17) is 0 Å². The molecule has 2 heterocycles. The lowest BCUT2D eigenvalue weighted by Crippen LogP contribution is -2.43. The van der Waals surface area contributed by atoms with Gasteiger partial charge in [-0.1, -0.05) is 0 Å². The minimum absolute atomic E-state index is 0.277. The maximum atomic E-state index is 9.28. The molecule has 0 aliphatic carbocycles. The van der Waals surface area contributed by atoms with Crippen molar-refractivity contribution in [3.05, 3.63) is 20.8 Å². The minimum Gasteiger partial charge on any atom is -0.395 e. The Morgan fingerprint density at radius 3 is 3.13 bits per heavy atom. The number of thioether (sulfide) groups is 1. The molecule has 84 valence electrons. The van der Waals surface area contributed by atoms with Crippen LogP contribution in [0.2, 0.25) is 0 Å². The van der Waals surface area contributed by atoms with Crippen LogP contribution in [-0.2, 0) is 6.54 Å². The topological polar surface area (TPSA) is 23.5 Å². The van der Waals surface area contributed by atoms with E-state index in [2.05, 4.69) is 32.3 Å². The summed E-state index contributed by atoms with van der Waals surface area (Å²) in [6, 6.07) is 2.51. The van der Waals surface area contributed by atoms with Crippen molar-refractivity contribution in [2.75, 3.05) is 24.7 Å². The van der Waals surface area contributed by atoms with Gasteiger partial charge in [-0.25, -0.2) is 0 Å². The molecule has 2 rings (SSSR count). The second-order valence-electron chi connectivity index (χ2n) is 3.61. The standard InChI is InChI=1S/C10H14BrNOS2/c11-8-3-10(15-6-8)4-12-1-2-14-7-9(12)5-13/h3,6,9,13H,1-2,4-5,7H2. The summed E-state index contributed by atoms with van der Waals surface area (Å²) in [6.45, 7) is 2.34. The van der Waals surface area contributed by atoms with Crippen LogP contribution in [0, 0.1) is 0 Å². The van der Waals surface area contributed by atoms with Crippen LogP contribution in [-0.4, -0.2) is 40.7 Å². The van der Waals surface area contributed by atoms with E-state index in [9.17, 15) is 5.11 Å². The predicted molar refractivity (Wildman–Crippen MR) is 70.6 cm³/mol. The van der Waals surface area contributed by atoms with Crippen molar-refractivity contribution in [3.8, 4) is 0 Å². The molecule has 2 nitrogen and oxygen atoms in total. The van der Waals surface area contributed by atoms with Crippen molar-refractivity contribution in [1.82, 2.24) is 4.90 Å². The summed E-state index contributed by atoms with van der Waals surface area (Å²) in [5, 5.41) is 11.4. The molecule has 0 radical (unpaired) electrons. The molecule has 1 saturated heterocycles. The van der Waals surface area contributed by atoms with Crippen LogP contribution < -0.4 is 0 Å². The Labute approximate surface area is 107 Å². The molecule has 15 heavy (non-hydrogen) atoms. The van der Waals surface area contributed by atoms with Crippen molar-refractivity contribution < 1.29 is 5.11 Å². The molecule has 1 N–H and O–H groups in total. The zero-order valence-corrected chi connectivity index (χ0v) is 11.6. The van der Waals surface area contributed by atoms with Gasteiger partial charge in [0.1, 0.15) is 0 Å². The lowest BCUT2D eigenvalue weighted by molar-refractivity contribution is 0.134. The Morgan fingerprint density at radius 2 is 2.47 bits per heavy atom. The largest absolute Gasteiger partial charge is 0.395 e. The Bertz CT molecular complexity index is 318. The third-order valence-corrected chi connectivity index (χ3v) is 5.32. The van der Waals surface area contributed by atoms with Gasteiger partial charge < -0.3 is 5.11 Å². The molecule has 0 aromatic carbocycles. The number of hydrogen-bond donors (Lipinski definition) is 1. The summed E-state index contributed by atoms with van der Waals surface area (Å²) < 4.78 is 1.16. The third kappa shape index (κ3) is 3.20. The van der Waals surface area contributed by atoms with Crippen LogP contribution >= 0.6 is 39.0 Å². The Morgan fingerprint density at radius 1 is 1.60 bits per heavy atom. The number of halogens is 1. The maximum Gasteiger partial charge on any atom is 0.0595 e. The fraction of sp³-hybridized carbons (Fsp3) is 0.600. The predicted octanol–water partition coefficient (Wildman–Crippen LogP) is 2.42. The molecular weight excluding hydrogens is 294 g/mol. The third-order valence-electron chi connectivity index (χ3n) is 2.54. The van der Waals surface area contributed by atoms with Crippen molar-refractivity contribution in [2.24, 2.45) is 0 Å². The highest BCUT2D eigenvalue weighted by Crippen LogP contribution is 2.24. The molecule has 1 aliphatic rings. The molecular formula is C10H14BrNOS2. The summed E-state index contributed by atoms with van der Waals surface area (Å²) in [5.41, 5.74) is 0. The van der Waals surface area contributed by atoms with Crippen molar-refractivity contribution >= 4 is 39.0 Å². The lowest BCUT2D eigenvalue weighted by Gasteiger charge is -2.33. The van der Waals surface area contributed by atoms with Crippen molar-refractivity contribution in [1.29, 1.82) is 0 Å². The quantitative estimate of drug-likeness (QED) is 0.928. The van der Waals surface area contributed by atoms with E-state index >= 15 is 0 Å². The highest BCUT2D eigenvalue weighted by molar-refractivity contribution is 9.10. The second-order valence-corrected chi connectivity index (χ2v) is 6.67. The second kappa shape index (κ2) is 5.68. The zero-order valence-electron chi connectivity index (χ0n) is 8.36. The number of aliphatic hydroxyl groups is 1. The highest BCUT2D eigenvalue weighted by Gasteiger charge is 2.22. The van der Waals surface area contributed by atoms with Crippen LogP contribution in [0.3, 0.4) is 0 Å². The average Bonchev–Trinajstić information content (AvgIpc) is 2.65. The van der Waals surface area contributed by atoms with E-state index < -0.39 is 0 Å². The van der Waals surface area contributed by atoms with Crippen molar-refractivity contribution in [3.63, 3.8) is 0 Å². The first-order valence-electron chi connectivity index (χ1n) is 4.95. The number of aliphatic hydroxyl groups excluding tert-OH is 1. The molecule has 0 saturated carbocycles. The lowest BCUT2D eigenvalue weighted by atomic mass is 10.2. The van der Waals surface area contributed by atoms with Gasteiger partial charge in [-0.3, -0.25) is 4.90 Å². The van der Waals surface area contributed by atoms with Gasteiger partial charge in [0, 0.05) is 45.4 Å². The van der Waals surface area contributed by atoms with Gasteiger partial charge in [0.25, 0.3) is 0 Å². The van der Waals surface area contributed by atoms with Gasteiger partial charge in [0.2, 0.25) is 0 Å². The van der Waals surface area contributed by atoms with E-state index in [0.717, 1.165) is 23.3 Å². The Hall–Kier alpha value is 0.450. The average molecular weight is 308 g/mol. The Balaban J connectivity index is 1.97. The molecule has 1 aromatic rings. The molecule has 0 spiro atoms. The summed E-state index contributed by atoms with van der Waals surface area (Å²) >= 11 is 7.19. The van der Waals surface area contributed by atoms with Gasteiger partial charge in [-0.05, 0) is 22.0 Å². The van der Waals surface area contributed by atoms with Gasteiger partial charge in [0.05, 0.1) is 6.61 Å². The molecule has 1 fully saturated rings. The highest BCUT2D eigenvalue weighted by atomic mass is 79.9. The van der Waals surface area contributed by atoms with E-state index in [1.54, 1.807) is 11.3 Å². The van der Waals surface area contributed by atoms with E-state index in [1.807, 2.05) is 11.8 Å². The fourth-order valence-electron chi connectivity index (χ4n) is 1.70. The molecule has 1 aliphatic heterocycles. The van der Waals surface area contributed by atoms with E-state index in [0.29, 0.717) is 6.04 Å². The smallest absolute Gasteiger partial charge is 0.0595 e. The summed E-state index contributed by atoms with van der Waals surface area (Å²) in [6.07, 6.45) is 0. The molecule has 5 heteroatoms. The van der Waals surface area contributed by atoms with Crippen molar-refractivity contribution in [2.45, 2.75) is 12.6 Å². The van der Waals surface area contributed by atoms with Crippen LogP contribution in [0.5, 0.6) is 0 Å². The molecule has 0 bridgehead atoms. The van der Waals surface area contributed by atoms with Gasteiger partial charge >= 0.3 is 0 Å². The molecule has 1 aromatic heterocycles. The first-order chi connectivity index (χ1) is 7.29. The number of rotatable bonds is 3. The fourth-order valence-corrected chi connectivity index (χ4v) is 4.30. The van der Waals surface area contributed by atoms with Gasteiger partial charge in [-0.2, -0.15) is 11.8 Å².